The van der Waals surface area contributed by atoms with E-state index in [4.69, 9.17) is 16.9 Å². The summed E-state index contributed by atoms with van der Waals surface area (Å²) in [5, 5.41) is 10.2. The van der Waals surface area contributed by atoms with Gasteiger partial charge in [0.15, 0.2) is 11.0 Å². The number of para-hydroxylation sites is 1. The Morgan fingerprint density at radius 2 is 2.20 bits per heavy atom. The lowest BCUT2D eigenvalue weighted by Gasteiger charge is -2.09. The highest BCUT2D eigenvalue weighted by Gasteiger charge is 2.19. The zero-order valence-corrected chi connectivity index (χ0v) is 11.7. The van der Waals surface area contributed by atoms with Crippen molar-refractivity contribution >= 4 is 33.3 Å². The molecule has 2 rings (SSSR count). The van der Waals surface area contributed by atoms with Crippen LogP contribution in [0.25, 0.3) is 10.2 Å². The molecule has 6 nitrogen and oxygen atoms in total. The summed E-state index contributed by atoms with van der Waals surface area (Å²) >= 11 is 1.37. The second kappa shape index (κ2) is 6.44. The van der Waals surface area contributed by atoms with Crippen molar-refractivity contribution in [3.05, 3.63) is 29.3 Å². The molecule has 20 heavy (non-hydrogen) atoms. The molecule has 0 amide bonds. The zero-order valence-electron chi connectivity index (χ0n) is 10.9. The van der Waals surface area contributed by atoms with Crippen molar-refractivity contribution in [1.82, 2.24) is 10.3 Å². The van der Waals surface area contributed by atoms with E-state index in [-0.39, 0.29) is 11.7 Å². The lowest BCUT2D eigenvalue weighted by Crippen LogP contribution is -2.34. The van der Waals surface area contributed by atoms with Gasteiger partial charge >= 0.3 is 0 Å². The van der Waals surface area contributed by atoms with E-state index >= 15 is 0 Å². The van der Waals surface area contributed by atoms with Gasteiger partial charge in [-0.05, 0) is 25.0 Å². The number of Topliss-reactive ketones (excluding diaryl/α,β-unsaturated/α-hetero) is 1. The summed E-state index contributed by atoms with van der Waals surface area (Å²) in [4.78, 5) is 16.5. The Kier molecular flexibility index (Phi) is 4.65. The molecule has 1 atom stereocenters. The minimum absolute atomic E-state index is 0.0731. The average Bonchev–Trinajstić information content (AvgIpc) is 2.86. The summed E-state index contributed by atoms with van der Waals surface area (Å²) in [6.45, 7) is 0.538. The number of nitrogens with zero attached hydrogens (tertiary/aromatic N) is 1. The van der Waals surface area contributed by atoms with Crippen LogP contribution in [0.2, 0.25) is 0 Å². The van der Waals surface area contributed by atoms with Crippen LogP contribution in [0.15, 0.2) is 24.3 Å². The van der Waals surface area contributed by atoms with Crippen LogP contribution < -0.4 is 16.8 Å². The third kappa shape index (κ3) is 3.52. The summed E-state index contributed by atoms with van der Waals surface area (Å²) in [5.74, 6) is -0.204. The van der Waals surface area contributed by atoms with Crippen LogP contribution in [-0.4, -0.2) is 29.3 Å². The Bertz CT molecular complexity index is 591. The lowest BCUT2D eigenvalue weighted by molar-refractivity contribution is 0.0956. The second-order valence-electron chi connectivity index (χ2n) is 4.44. The predicted molar refractivity (Wildman–Crippen MR) is 81.1 cm³/mol. The molecule has 6 N–H and O–H groups in total. The molecule has 0 spiro atoms. The minimum atomic E-state index is -0.565. The normalized spacial score (nSPS) is 12.2. The topological polar surface area (TPSA) is 118 Å². The molecule has 1 heterocycles. The number of nitrogens with two attached hydrogens (primary N) is 2. The monoisotopic (exact) mass is 291 g/mol. The van der Waals surface area contributed by atoms with Crippen molar-refractivity contribution in [2.45, 2.75) is 18.9 Å². The van der Waals surface area contributed by atoms with Crippen LogP contribution in [0.3, 0.4) is 0 Å². The second-order valence-corrected chi connectivity index (χ2v) is 5.47. The van der Waals surface area contributed by atoms with Crippen molar-refractivity contribution in [2.75, 3.05) is 6.54 Å². The van der Waals surface area contributed by atoms with E-state index in [1.54, 1.807) is 0 Å². The van der Waals surface area contributed by atoms with Crippen molar-refractivity contribution in [3.8, 4) is 0 Å². The molecule has 0 saturated heterocycles. The van der Waals surface area contributed by atoms with Crippen LogP contribution in [0, 0.1) is 5.41 Å². The van der Waals surface area contributed by atoms with Gasteiger partial charge in [0, 0.05) is 6.54 Å². The van der Waals surface area contributed by atoms with Gasteiger partial charge in [-0.15, -0.1) is 11.3 Å². The Balaban J connectivity index is 1.94. The van der Waals surface area contributed by atoms with Crippen molar-refractivity contribution in [1.29, 1.82) is 5.41 Å². The first-order valence-corrected chi connectivity index (χ1v) is 7.13. The third-order valence-corrected chi connectivity index (χ3v) is 3.90. The predicted octanol–water partition coefficient (Wildman–Crippen LogP) is 1.07. The summed E-state index contributed by atoms with van der Waals surface area (Å²) < 4.78 is 0.987. The number of hydrogen-bond donors (Lipinski definition) is 4. The molecule has 1 aromatic heterocycles. The van der Waals surface area contributed by atoms with Gasteiger partial charge in [0.05, 0.1) is 16.3 Å². The average molecular weight is 291 g/mol. The highest BCUT2D eigenvalue weighted by molar-refractivity contribution is 7.20. The molecule has 0 bridgehead atoms. The van der Waals surface area contributed by atoms with Crippen LogP contribution >= 0.6 is 11.3 Å². The van der Waals surface area contributed by atoms with E-state index in [0.717, 1.165) is 10.2 Å². The Morgan fingerprint density at radius 1 is 1.45 bits per heavy atom. The number of hydrogen-bond acceptors (Lipinski definition) is 5. The maximum Gasteiger partial charge on any atom is 0.208 e. The van der Waals surface area contributed by atoms with Gasteiger partial charge in [0.25, 0.3) is 0 Å². The van der Waals surface area contributed by atoms with Crippen LogP contribution in [0.4, 0.5) is 0 Å². The first-order valence-electron chi connectivity index (χ1n) is 6.31. The number of guanidine groups is 1. The summed E-state index contributed by atoms with van der Waals surface area (Å²) in [6.07, 6.45) is 1.21. The number of ketones is 1. The maximum absolute atomic E-state index is 12.2. The number of benzene rings is 1. The highest BCUT2D eigenvalue weighted by Crippen LogP contribution is 2.22. The van der Waals surface area contributed by atoms with E-state index in [1.807, 2.05) is 24.3 Å². The highest BCUT2D eigenvalue weighted by atomic mass is 32.1. The molecule has 0 fully saturated rings. The first-order chi connectivity index (χ1) is 9.58. The molecule has 0 saturated carbocycles. The van der Waals surface area contributed by atoms with Crippen LogP contribution in [0.5, 0.6) is 0 Å². The molecule has 106 valence electrons. The largest absolute Gasteiger partial charge is 0.370 e. The van der Waals surface area contributed by atoms with Gasteiger partial charge in [0.2, 0.25) is 5.78 Å². The lowest BCUT2D eigenvalue weighted by atomic mass is 10.1. The third-order valence-electron chi connectivity index (χ3n) is 2.85. The van der Waals surface area contributed by atoms with E-state index in [2.05, 4.69) is 10.3 Å². The van der Waals surface area contributed by atoms with Crippen LogP contribution in [-0.2, 0) is 0 Å². The smallest absolute Gasteiger partial charge is 0.208 e. The van der Waals surface area contributed by atoms with Gasteiger partial charge in [-0.1, -0.05) is 12.1 Å². The Morgan fingerprint density at radius 3 is 2.90 bits per heavy atom. The molecule has 2 aromatic rings. The molecule has 1 aromatic carbocycles. The fourth-order valence-corrected chi connectivity index (χ4v) is 2.78. The van der Waals surface area contributed by atoms with Crippen LogP contribution in [0.1, 0.15) is 22.6 Å². The molecular formula is C13H17N5OS. The van der Waals surface area contributed by atoms with E-state index in [9.17, 15) is 4.79 Å². The summed E-state index contributed by atoms with van der Waals surface area (Å²) in [7, 11) is 0. The van der Waals surface area contributed by atoms with Crippen molar-refractivity contribution in [3.63, 3.8) is 0 Å². The van der Waals surface area contributed by atoms with Gasteiger partial charge < -0.3 is 16.8 Å². The molecule has 0 aliphatic rings. The number of rotatable bonds is 6. The number of thiazole rings is 1. The quantitative estimate of drug-likeness (QED) is 0.275. The summed E-state index contributed by atoms with van der Waals surface area (Å²) in [5.41, 5.74) is 11.9. The standard InChI is InChI=1S/C13H17N5OS/c14-8(4-3-7-17-13(15)16)11(19)12-18-9-5-1-2-6-10(9)20-12/h1-2,5-6,8H,3-4,7,14H2,(H4,15,16,17)/t8-/m0/s1. The van der Waals surface area contributed by atoms with Gasteiger partial charge in [-0.25, -0.2) is 4.98 Å². The fraction of sp³-hybridized carbons (Fsp3) is 0.308. The fourth-order valence-electron chi connectivity index (χ4n) is 1.81. The first kappa shape index (κ1) is 14.4. The maximum atomic E-state index is 12.2. The number of fused-ring (bicyclic) bond motifs is 1. The number of nitrogens with one attached hydrogen (secondary N) is 2. The number of aromatic nitrogens is 1. The molecular weight excluding hydrogens is 274 g/mol. The van der Waals surface area contributed by atoms with Crippen molar-refractivity contribution in [2.24, 2.45) is 11.5 Å². The van der Waals surface area contributed by atoms with E-state index in [0.29, 0.717) is 24.4 Å². The minimum Gasteiger partial charge on any atom is -0.370 e. The number of carbonyl (C=O) groups is 1. The Labute approximate surface area is 120 Å². The van der Waals surface area contributed by atoms with Gasteiger partial charge in [-0.2, -0.15) is 0 Å². The summed E-state index contributed by atoms with van der Waals surface area (Å²) in [6, 6.07) is 7.06. The van der Waals surface area contributed by atoms with Crippen molar-refractivity contribution < 1.29 is 4.79 Å². The van der Waals surface area contributed by atoms with E-state index < -0.39 is 6.04 Å². The van der Waals surface area contributed by atoms with E-state index in [1.165, 1.54) is 11.3 Å². The number of carbonyl (C=O) groups excluding carboxylic acids is 1. The zero-order chi connectivity index (χ0) is 14.5. The Hall–Kier alpha value is -1.99. The van der Waals surface area contributed by atoms with Gasteiger partial charge in [-0.3, -0.25) is 10.2 Å². The SMILES string of the molecule is N=C(N)NCCC[C@H](N)C(=O)c1nc2ccccc2s1. The molecule has 0 radical (unpaired) electrons. The molecule has 7 heteroatoms. The molecule has 0 unspecified atom stereocenters. The molecule has 0 aliphatic heterocycles. The molecule has 0 aliphatic carbocycles. The van der Waals surface area contributed by atoms with Gasteiger partial charge in [0.1, 0.15) is 0 Å².